The van der Waals surface area contributed by atoms with Crippen molar-refractivity contribution in [1.82, 2.24) is 4.90 Å². The van der Waals surface area contributed by atoms with Crippen molar-refractivity contribution in [1.29, 1.82) is 0 Å². The van der Waals surface area contributed by atoms with Gasteiger partial charge in [-0.2, -0.15) is 0 Å². The van der Waals surface area contributed by atoms with Gasteiger partial charge < -0.3 is 0 Å². The number of aryl methyl sites for hydroxylation is 1. The molecule has 2 aromatic carbocycles. The zero-order valence-electron chi connectivity index (χ0n) is 13.0. The average molecular weight is 408 g/mol. The van der Waals surface area contributed by atoms with E-state index in [1.807, 2.05) is 19.1 Å². The molecule has 0 aliphatic carbocycles. The Kier molecular flexibility index (Phi) is 5.29. The van der Waals surface area contributed by atoms with Crippen LogP contribution in [0.1, 0.15) is 21.5 Å². The van der Waals surface area contributed by atoms with E-state index in [0.29, 0.717) is 26.1 Å². The summed E-state index contributed by atoms with van der Waals surface area (Å²) in [6.07, 6.45) is 1.56. The van der Waals surface area contributed by atoms with Crippen LogP contribution in [0.4, 0.5) is 0 Å². The normalized spacial score (nSPS) is 16.0. The summed E-state index contributed by atoms with van der Waals surface area (Å²) in [6.45, 7) is 1.92. The maximum atomic E-state index is 12.7. The second-order valence-corrected chi connectivity index (χ2v) is 7.81. The Bertz CT molecular complexity index is 903. The molecule has 1 aliphatic heterocycles. The van der Waals surface area contributed by atoms with Crippen molar-refractivity contribution in [2.75, 3.05) is 0 Å². The lowest BCUT2D eigenvalue weighted by Crippen LogP contribution is -2.34. The van der Waals surface area contributed by atoms with Gasteiger partial charge in [0.1, 0.15) is 0 Å². The van der Waals surface area contributed by atoms with Crippen LogP contribution in [-0.2, 0) is 4.79 Å². The number of hydrogen-bond donors (Lipinski definition) is 0. The van der Waals surface area contributed by atoms with E-state index in [1.54, 1.807) is 36.4 Å². The highest BCUT2D eigenvalue weighted by molar-refractivity contribution is 8.26. The maximum absolute atomic E-state index is 12.7. The van der Waals surface area contributed by atoms with Crippen molar-refractivity contribution in [3.63, 3.8) is 0 Å². The van der Waals surface area contributed by atoms with Crippen LogP contribution >= 0.6 is 47.2 Å². The van der Waals surface area contributed by atoms with E-state index in [2.05, 4.69) is 0 Å². The van der Waals surface area contributed by atoms with Gasteiger partial charge in [0.05, 0.1) is 4.91 Å². The van der Waals surface area contributed by atoms with Crippen molar-refractivity contribution >= 4 is 69.4 Å². The molecule has 25 heavy (non-hydrogen) atoms. The molecule has 0 atom stereocenters. The third-order valence-corrected chi connectivity index (χ3v) is 5.53. The number of halogens is 2. The van der Waals surface area contributed by atoms with Crippen molar-refractivity contribution in [2.24, 2.45) is 0 Å². The Hall–Kier alpha value is -1.66. The zero-order chi connectivity index (χ0) is 18.1. The van der Waals surface area contributed by atoms with Crippen LogP contribution in [0.25, 0.3) is 6.08 Å². The first-order valence-electron chi connectivity index (χ1n) is 7.21. The Morgan fingerprint density at radius 3 is 2.32 bits per heavy atom. The highest BCUT2D eigenvalue weighted by atomic mass is 35.5. The molecule has 3 nitrogen and oxygen atoms in total. The van der Waals surface area contributed by atoms with E-state index in [-0.39, 0.29) is 4.32 Å². The van der Waals surface area contributed by atoms with Gasteiger partial charge in [-0.05, 0) is 37.3 Å². The van der Waals surface area contributed by atoms with Gasteiger partial charge in [0, 0.05) is 21.2 Å². The molecule has 1 fully saturated rings. The van der Waals surface area contributed by atoms with E-state index >= 15 is 0 Å². The smallest absolute Gasteiger partial charge is 0.268 e. The van der Waals surface area contributed by atoms with Gasteiger partial charge in [0.15, 0.2) is 4.32 Å². The van der Waals surface area contributed by atoms with E-state index in [1.165, 1.54) is 0 Å². The van der Waals surface area contributed by atoms with Crippen LogP contribution in [0, 0.1) is 6.92 Å². The first kappa shape index (κ1) is 18.1. The van der Waals surface area contributed by atoms with Crippen LogP contribution in [0.2, 0.25) is 10.0 Å². The average Bonchev–Trinajstić information content (AvgIpc) is 2.85. The van der Waals surface area contributed by atoms with E-state index in [9.17, 15) is 9.59 Å². The number of hydrogen-bond acceptors (Lipinski definition) is 4. The summed E-state index contributed by atoms with van der Waals surface area (Å²) >= 11 is 18.5. The van der Waals surface area contributed by atoms with Gasteiger partial charge in [0.2, 0.25) is 0 Å². The summed E-state index contributed by atoms with van der Waals surface area (Å²) in [4.78, 5) is 26.6. The minimum Gasteiger partial charge on any atom is -0.268 e. The molecule has 0 N–H and O–H groups in total. The molecule has 1 aliphatic rings. The second kappa shape index (κ2) is 7.30. The number of thioether (sulfide) groups is 1. The van der Waals surface area contributed by atoms with E-state index in [0.717, 1.165) is 22.2 Å². The molecule has 0 radical (unpaired) electrons. The van der Waals surface area contributed by atoms with Gasteiger partial charge in [-0.25, -0.2) is 4.90 Å². The predicted octanol–water partition coefficient (Wildman–Crippen LogP) is 5.34. The Morgan fingerprint density at radius 1 is 1.12 bits per heavy atom. The lowest BCUT2D eigenvalue weighted by atomic mass is 10.1. The van der Waals surface area contributed by atoms with Crippen molar-refractivity contribution in [3.05, 3.63) is 74.1 Å². The van der Waals surface area contributed by atoms with Crippen molar-refractivity contribution in [3.8, 4) is 0 Å². The molecule has 2 aromatic rings. The molecule has 1 heterocycles. The summed E-state index contributed by atoms with van der Waals surface area (Å²) in [5.74, 6) is -0.923. The molecule has 0 spiro atoms. The molecule has 3 rings (SSSR count). The second-order valence-electron chi connectivity index (χ2n) is 5.32. The lowest BCUT2D eigenvalue weighted by molar-refractivity contribution is -0.120. The molecule has 126 valence electrons. The molecule has 1 saturated heterocycles. The van der Waals surface area contributed by atoms with Crippen LogP contribution in [-0.4, -0.2) is 21.0 Å². The van der Waals surface area contributed by atoms with E-state index in [4.69, 9.17) is 35.4 Å². The quantitative estimate of drug-likeness (QED) is 0.382. The maximum Gasteiger partial charge on any atom is 0.273 e. The number of nitrogens with zero attached hydrogens (tertiary/aromatic N) is 1. The van der Waals surface area contributed by atoms with Gasteiger partial charge >= 0.3 is 0 Å². The number of amides is 2. The zero-order valence-corrected chi connectivity index (χ0v) is 16.1. The Balaban J connectivity index is 1.94. The van der Waals surface area contributed by atoms with Crippen LogP contribution in [0.3, 0.4) is 0 Å². The van der Waals surface area contributed by atoms with Gasteiger partial charge in [-0.3, -0.25) is 9.59 Å². The standard InChI is InChI=1S/C18H11Cl2NO2S2/c1-10-5-7-11(8-6-10)16(22)21-17(23)15(25-18(21)24)9-12-13(19)3-2-4-14(12)20/h2-9H,1H3/b15-9+. The molecular formula is C18H11Cl2NO2S2. The van der Waals surface area contributed by atoms with Gasteiger partial charge in [0.25, 0.3) is 11.8 Å². The Morgan fingerprint density at radius 2 is 1.72 bits per heavy atom. The number of rotatable bonds is 2. The fourth-order valence-electron chi connectivity index (χ4n) is 2.25. The number of carbonyl (C=O) groups excluding carboxylic acids is 2. The molecule has 2 amide bonds. The fraction of sp³-hybridized carbons (Fsp3) is 0.0556. The summed E-state index contributed by atoms with van der Waals surface area (Å²) in [7, 11) is 0. The fourth-order valence-corrected chi connectivity index (χ4v) is 3.99. The number of carbonyl (C=O) groups is 2. The van der Waals surface area contributed by atoms with Crippen molar-refractivity contribution < 1.29 is 9.59 Å². The van der Waals surface area contributed by atoms with Crippen LogP contribution in [0.15, 0.2) is 47.4 Å². The highest BCUT2D eigenvalue weighted by Gasteiger charge is 2.37. The molecule has 0 bridgehead atoms. The molecule has 0 unspecified atom stereocenters. The minimum atomic E-state index is -0.475. The number of thiocarbonyl (C=S) groups is 1. The van der Waals surface area contributed by atoms with Crippen LogP contribution < -0.4 is 0 Å². The SMILES string of the molecule is Cc1ccc(C(=O)N2C(=O)/C(=C\c3c(Cl)cccc3Cl)SC2=S)cc1. The molecule has 7 heteroatoms. The molecular weight excluding hydrogens is 397 g/mol. The molecule has 0 saturated carbocycles. The summed E-state index contributed by atoms with van der Waals surface area (Å²) in [5.41, 5.74) is 1.95. The van der Waals surface area contributed by atoms with E-state index < -0.39 is 11.8 Å². The first-order chi connectivity index (χ1) is 11.9. The van der Waals surface area contributed by atoms with Gasteiger partial charge in [-0.15, -0.1) is 0 Å². The lowest BCUT2D eigenvalue weighted by Gasteiger charge is -2.12. The number of benzene rings is 2. The summed E-state index contributed by atoms with van der Waals surface area (Å²) in [6, 6.07) is 12.0. The summed E-state index contributed by atoms with van der Waals surface area (Å²) < 4.78 is 0.185. The van der Waals surface area contributed by atoms with Crippen molar-refractivity contribution in [2.45, 2.75) is 6.92 Å². The third-order valence-electron chi connectivity index (χ3n) is 3.57. The molecule has 0 aromatic heterocycles. The monoisotopic (exact) mass is 407 g/mol. The predicted molar refractivity (Wildman–Crippen MR) is 107 cm³/mol. The minimum absolute atomic E-state index is 0.185. The summed E-state index contributed by atoms with van der Waals surface area (Å²) in [5, 5.41) is 0.838. The highest BCUT2D eigenvalue weighted by Crippen LogP contribution is 2.36. The van der Waals surface area contributed by atoms with Crippen LogP contribution in [0.5, 0.6) is 0 Å². The number of imide groups is 1. The topological polar surface area (TPSA) is 37.4 Å². The first-order valence-corrected chi connectivity index (χ1v) is 9.19. The Labute approximate surface area is 164 Å². The largest absolute Gasteiger partial charge is 0.273 e. The van der Waals surface area contributed by atoms with Gasteiger partial charge in [-0.1, -0.05) is 70.9 Å². The third kappa shape index (κ3) is 3.65.